The van der Waals surface area contributed by atoms with Gasteiger partial charge in [0, 0.05) is 19.6 Å². The third kappa shape index (κ3) is 4.05. The second kappa shape index (κ2) is 8.02. The quantitative estimate of drug-likeness (QED) is 0.701. The van der Waals surface area contributed by atoms with Crippen molar-refractivity contribution in [3.63, 3.8) is 0 Å². The lowest BCUT2D eigenvalue weighted by atomic mass is 9.98. The molecule has 7 nitrogen and oxygen atoms in total. The minimum atomic E-state index is -3.57. The Balaban J connectivity index is 1.38. The first-order chi connectivity index (χ1) is 13.4. The summed E-state index contributed by atoms with van der Waals surface area (Å²) in [6.07, 6.45) is 1.33. The van der Waals surface area contributed by atoms with Crippen molar-refractivity contribution in [1.82, 2.24) is 9.62 Å². The molecule has 0 aliphatic carbocycles. The molecule has 2 aliphatic rings. The van der Waals surface area contributed by atoms with Crippen LogP contribution in [0.3, 0.4) is 0 Å². The van der Waals surface area contributed by atoms with Crippen molar-refractivity contribution in [2.75, 3.05) is 19.9 Å². The van der Waals surface area contributed by atoms with E-state index in [4.69, 9.17) is 9.47 Å². The lowest BCUT2D eigenvalue weighted by Gasteiger charge is -2.30. The van der Waals surface area contributed by atoms with Crippen LogP contribution in [0.5, 0.6) is 11.5 Å². The topological polar surface area (TPSA) is 84.9 Å². The van der Waals surface area contributed by atoms with Gasteiger partial charge in [0.2, 0.25) is 12.7 Å². The lowest BCUT2D eigenvalue weighted by molar-refractivity contribution is -0.126. The third-order valence-corrected chi connectivity index (χ3v) is 8.76. The molecule has 0 bridgehead atoms. The first-order valence-electron chi connectivity index (χ1n) is 8.85. The van der Waals surface area contributed by atoms with E-state index in [0.29, 0.717) is 41.6 Å². The molecule has 2 aromatic rings. The van der Waals surface area contributed by atoms with Crippen molar-refractivity contribution < 1.29 is 22.7 Å². The van der Waals surface area contributed by atoms with Gasteiger partial charge in [-0.1, -0.05) is 6.07 Å². The van der Waals surface area contributed by atoms with Crippen LogP contribution in [0.15, 0.2) is 38.3 Å². The van der Waals surface area contributed by atoms with Gasteiger partial charge in [-0.25, -0.2) is 8.42 Å². The number of thiophene rings is 1. The number of halogens is 1. The number of hydrogen-bond acceptors (Lipinski definition) is 6. The summed E-state index contributed by atoms with van der Waals surface area (Å²) in [6, 6.07) is 8.84. The van der Waals surface area contributed by atoms with Gasteiger partial charge < -0.3 is 14.8 Å². The number of nitrogens with one attached hydrogen (secondary N) is 1. The van der Waals surface area contributed by atoms with Gasteiger partial charge in [-0.3, -0.25) is 4.79 Å². The average Bonchev–Trinajstić information content (AvgIpc) is 3.34. The number of nitrogens with zero attached hydrogens (tertiary/aromatic N) is 1. The van der Waals surface area contributed by atoms with E-state index < -0.39 is 10.0 Å². The maximum atomic E-state index is 12.8. The van der Waals surface area contributed by atoms with Crippen LogP contribution in [0.2, 0.25) is 0 Å². The highest BCUT2D eigenvalue weighted by Crippen LogP contribution is 2.33. The number of benzene rings is 1. The summed E-state index contributed by atoms with van der Waals surface area (Å²) in [5, 5.41) is 2.91. The molecule has 1 atom stereocenters. The molecule has 1 N–H and O–H groups in total. The molecule has 0 spiro atoms. The fourth-order valence-corrected chi connectivity index (χ4v) is 7.01. The standard InChI is InChI=1S/C18H19BrN2O5S2/c19-16-5-6-17(27-16)28(23,24)21-7-1-2-13(10-21)18(22)20-9-12-3-4-14-15(8-12)26-11-25-14/h3-6,8,13H,1-2,7,9-11H2,(H,20,22)/t13-/m1/s1. The SMILES string of the molecule is O=C(NCc1ccc2c(c1)OCO2)[C@@H]1CCCN(S(=O)(=O)c2ccc(Br)s2)C1. The number of hydrogen-bond donors (Lipinski definition) is 1. The largest absolute Gasteiger partial charge is 0.454 e. The summed E-state index contributed by atoms with van der Waals surface area (Å²) >= 11 is 4.48. The molecule has 0 saturated carbocycles. The van der Waals surface area contributed by atoms with Gasteiger partial charge in [0.25, 0.3) is 10.0 Å². The number of fused-ring (bicyclic) bond motifs is 1. The van der Waals surface area contributed by atoms with Crippen molar-refractivity contribution in [1.29, 1.82) is 0 Å². The fourth-order valence-electron chi connectivity index (χ4n) is 3.32. The second-order valence-electron chi connectivity index (χ2n) is 6.67. The van der Waals surface area contributed by atoms with Gasteiger partial charge in [-0.05, 0) is 58.6 Å². The number of ether oxygens (including phenoxy) is 2. The molecule has 1 amide bonds. The zero-order valence-electron chi connectivity index (χ0n) is 14.9. The maximum Gasteiger partial charge on any atom is 0.252 e. The van der Waals surface area contributed by atoms with E-state index >= 15 is 0 Å². The minimum Gasteiger partial charge on any atom is -0.454 e. The van der Waals surface area contributed by atoms with E-state index in [1.54, 1.807) is 12.1 Å². The Hall–Kier alpha value is -1.62. The molecule has 1 aromatic heterocycles. The van der Waals surface area contributed by atoms with Crippen LogP contribution in [0, 0.1) is 5.92 Å². The predicted molar refractivity (Wildman–Crippen MR) is 108 cm³/mol. The van der Waals surface area contributed by atoms with Gasteiger partial charge in [-0.2, -0.15) is 4.31 Å². The molecular formula is C18H19BrN2O5S2. The molecular weight excluding hydrogens is 468 g/mol. The summed E-state index contributed by atoms with van der Waals surface area (Å²) in [5.41, 5.74) is 0.904. The van der Waals surface area contributed by atoms with Gasteiger partial charge in [0.15, 0.2) is 11.5 Å². The van der Waals surface area contributed by atoms with Gasteiger partial charge in [-0.15, -0.1) is 11.3 Å². The molecule has 0 radical (unpaired) electrons. The smallest absolute Gasteiger partial charge is 0.252 e. The van der Waals surface area contributed by atoms with E-state index in [1.165, 1.54) is 15.6 Å². The number of carbonyl (C=O) groups excluding carboxylic acids is 1. The van der Waals surface area contributed by atoms with E-state index in [0.717, 1.165) is 9.35 Å². The number of piperidine rings is 1. The first kappa shape index (κ1) is 19.7. The van der Waals surface area contributed by atoms with E-state index in [1.807, 2.05) is 18.2 Å². The van der Waals surface area contributed by atoms with Crippen LogP contribution in [-0.2, 0) is 21.4 Å². The van der Waals surface area contributed by atoms with Gasteiger partial charge >= 0.3 is 0 Å². The van der Waals surface area contributed by atoms with E-state index in [9.17, 15) is 13.2 Å². The van der Waals surface area contributed by atoms with Crippen molar-refractivity contribution >= 4 is 43.2 Å². The van der Waals surface area contributed by atoms with E-state index in [-0.39, 0.29) is 25.2 Å². The number of carbonyl (C=O) groups is 1. The molecule has 10 heteroatoms. The Morgan fingerprint density at radius 2 is 2.07 bits per heavy atom. The van der Waals surface area contributed by atoms with Crippen molar-refractivity contribution in [3.8, 4) is 11.5 Å². The third-order valence-electron chi connectivity index (χ3n) is 4.80. The second-order valence-corrected chi connectivity index (χ2v) is 11.3. The number of sulfonamides is 1. The molecule has 150 valence electrons. The van der Waals surface area contributed by atoms with Crippen LogP contribution in [-0.4, -0.2) is 38.5 Å². The molecule has 3 heterocycles. The molecule has 4 rings (SSSR count). The summed E-state index contributed by atoms with van der Waals surface area (Å²) in [7, 11) is -3.57. The van der Waals surface area contributed by atoms with Crippen molar-refractivity contribution in [2.45, 2.75) is 23.6 Å². The Morgan fingerprint density at radius 3 is 2.86 bits per heavy atom. The highest BCUT2D eigenvalue weighted by molar-refractivity contribution is 9.11. The molecule has 2 aliphatic heterocycles. The monoisotopic (exact) mass is 486 g/mol. The molecule has 1 aromatic carbocycles. The van der Waals surface area contributed by atoms with Crippen LogP contribution in [0.25, 0.3) is 0 Å². The Bertz CT molecular complexity index is 992. The average molecular weight is 487 g/mol. The van der Waals surface area contributed by atoms with Crippen LogP contribution >= 0.6 is 27.3 Å². The zero-order valence-corrected chi connectivity index (χ0v) is 18.1. The number of amides is 1. The minimum absolute atomic E-state index is 0.134. The predicted octanol–water partition coefficient (Wildman–Crippen LogP) is 2.96. The molecule has 28 heavy (non-hydrogen) atoms. The highest BCUT2D eigenvalue weighted by atomic mass is 79.9. The van der Waals surface area contributed by atoms with Crippen LogP contribution in [0.4, 0.5) is 0 Å². The molecule has 1 saturated heterocycles. The molecule has 0 unspecified atom stereocenters. The Kier molecular flexibility index (Phi) is 5.64. The van der Waals surface area contributed by atoms with Crippen LogP contribution in [0.1, 0.15) is 18.4 Å². The Labute approximate surface area is 175 Å². The first-order valence-corrected chi connectivity index (χ1v) is 11.9. The normalized spacial score (nSPS) is 19.5. The summed E-state index contributed by atoms with van der Waals surface area (Å²) in [4.78, 5) is 12.6. The summed E-state index contributed by atoms with van der Waals surface area (Å²) < 4.78 is 38.7. The van der Waals surface area contributed by atoms with Gasteiger partial charge in [0.1, 0.15) is 4.21 Å². The van der Waals surface area contributed by atoms with E-state index in [2.05, 4.69) is 21.2 Å². The van der Waals surface area contributed by atoms with Crippen molar-refractivity contribution in [2.24, 2.45) is 5.92 Å². The molecule has 1 fully saturated rings. The number of rotatable bonds is 5. The highest BCUT2D eigenvalue weighted by Gasteiger charge is 2.34. The van der Waals surface area contributed by atoms with Gasteiger partial charge in [0.05, 0.1) is 9.70 Å². The maximum absolute atomic E-state index is 12.8. The summed E-state index contributed by atoms with van der Waals surface area (Å²) in [5.74, 6) is 0.873. The Morgan fingerprint density at radius 1 is 1.25 bits per heavy atom. The lowest BCUT2D eigenvalue weighted by Crippen LogP contribution is -2.45. The van der Waals surface area contributed by atoms with Crippen LogP contribution < -0.4 is 14.8 Å². The zero-order chi connectivity index (χ0) is 19.7. The fraction of sp³-hybridized carbons (Fsp3) is 0.389. The van der Waals surface area contributed by atoms with Crippen molar-refractivity contribution in [3.05, 3.63) is 39.7 Å². The summed E-state index contributed by atoms with van der Waals surface area (Å²) in [6.45, 7) is 1.20.